The Balaban J connectivity index is 2.73. The summed E-state index contributed by atoms with van der Waals surface area (Å²) in [7, 11) is 5.43. The molecule has 0 saturated carbocycles. The van der Waals surface area contributed by atoms with Crippen molar-refractivity contribution in [2.45, 2.75) is 13.0 Å². The zero-order valence-corrected chi connectivity index (χ0v) is 11.4. The molecule has 0 fully saturated rings. The highest BCUT2D eigenvalue weighted by molar-refractivity contribution is 5.96. The summed E-state index contributed by atoms with van der Waals surface area (Å²) in [5.74, 6) is -0.143. The van der Waals surface area contributed by atoms with Crippen LogP contribution in [0.1, 0.15) is 17.3 Å². The molecular weight excluding hydrogens is 230 g/mol. The van der Waals surface area contributed by atoms with E-state index in [1.807, 2.05) is 32.0 Å². The maximum atomic E-state index is 11.9. The summed E-state index contributed by atoms with van der Waals surface area (Å²) in [6.07, 6.45) is -0.00709. The lowest BCUT2D eigenvalue weighted by Gasteiger charge is -2.16. The molecule has 1 aromatic rings. The Bertz CT molecular complexity index is 419. The van der Waals surface area contributed by atoms with Crippen molar-refractivity contribution >= 4 is 17.3 Å². The van der Waals surface area contributed by atoms with Gasteiger partial charge in [-0.1, -0.05) is 0 Å². The first kappa shape index (κ1) is 14.3. The van der Waals surface area contributed by atoms with Gasteiger partial charge < -0.3 is 20.7 Å². The topological polar surface area (TPSA) is 67.6 Å². The Morgan fingerprint density at radius 2 is 2.17 bits per heavy atom. The molecule has 1 aromatic carbocycles. The van der Waals surface area contributed by atoms with Gasteiger partial charge in [0.1, 0.15) is 0 Å². The molecule has 0 aromatic heterocycles. The normalized spacial score (nSPS) is 12.0. The van der Waals surface area contributed by atoms with Crippen molar-refractivity contribution < 1.29 is 9.53 Å². The monoisotopic (exact) mass is 251 g/mol. The Hall–Kier alpha value is -1.75. The number of ether oxygens (including phenoxy) is 1. The van der Waals surface area contributed by atoms with Crippen LogP contribution in [0.5, 0.6) is 0 Å². The van der Waals surface area contributed by atoms with Gasteiger partial charge in [-0.15, -0.1) is 0 Å². The third-order valence-electron chi connectivity index (χ3n) is 2.72. The van der Waals surface area contributed by atoms with Crippen LogP contribution in [0.3, 0.4) is 0 Å². The number of methoxy groups -OCH3 is 1. The van der Waals surface area contributed by atoms with Crippen LogP contribution in [0.15, 0.2) is 18.2 Å². The van der Waals surface area contributed by atoms with E-state index in [2.05, 4.69) is 5.32 Å². The number of nitrogens with one attached hydrogen (secondary N) is 1. The van der Waals surface area contributed by atoms with Crippen molar-refractivity contribution in [1.82, 2.24) is 5.32 Å². The molecule has 5 nitrogen and oxygen atoms in total. The second-order valence-electron chi connectivity index (χ2n) is 4.42. The molecular formula is C13H21N3O2. The lowest BCUT2D eigenvalue weighted by molar-refractivity contribution is 0.0870. The van der Waals surface area contributed by atoms with Gasteiger partial charge in [-0.2, -0.15) is 0 Å². The van der Waals surface area contributed by atoms with Gasteiger partial charge in [0, 0.05) is 33.3 Å². The van der Waals surface area contributed by atoms with Crippen LogP contribution in [-0.4, -0.2) is 39.8 Å². The van der Waals surface area contributed by atoms with Crippen molar-refractivity contribution in [2.24, 2.45) is 0 Å². The molecule has 0 aliphatic rings. The zero-order chi connectivity index (χ0) is 13.7. The van der Waals surface area contributed by atoms with E-state index in [9.17, 15) is 4.79 Å². The molecule has 0 aliphatic carbocycles. The van der Waals surface area contributed by atoms with E-state index in [1.165, 1.54) is 0 Å². The second-order valence-corrected chi connectivity index (χ2v) is 4.42. The average Bonchev–Trinajstić information content (AvgIpc) is 2.34. The predicted molar refractivity (Wildman–Crippen MR) is 74.0 cm³/mol. The maximum absolute atomic E-state index is 11.9. The molecule has 0 radical (unpaired) electrons. The third kappa shape index (κ3) is 3.63. The second kappa shape index (κ2) is 6.26. The quantitative estimate of drug-likeness (QED) is 0.769. The molecule has 0 heterocycles. The minimum absolute atomic E-state index is 0.00709. The highest BCUT2D eigenvalue weighted by Crippen LogP contribution is 2.22. The van der Waals surface area contributed by atoms with Crippen molar-refractivity contribution in [2.75, 3.05) is 38.4 Å². The van der Waals surface area contributed by atoms with E-state index < -0.39 is 0 Å². The molecule has 1 unspecified atom stereocenters. The van der Waals surface area contributed by atoms with Gasteiger partial charge in [0.25, 0.3) is 5.91 Å². The fraction of sp³-hybridized carbons (Fsp3) is 0.462. The first-order chi connectivity index (χ1) is 8.45. The largest absolute Gasteiger partial charge is 0.397 e. The van der Waals surface area contributed by atoms with E-state index in [1.54, 1.807) is 19.2 Å². The zero-order valence-electron chi connectivity index (χ0n) is 11.4. The number of carbonyl (C=O) groups is 1. The molecule has 0 bridgehead atoms. The summed E-state index contributed by atoms with van der Waals surface area (Å²) >= 11 is 0. The van der Waals surface area contributed by atoms with Crippen molar-refractivity contribution in [1.29, 1.82) is 0 Å². The lowest BCUT2D eigenvalue weighted by Crippen LogP contribution is -2.31. The average molecular weight is 251 g/mol. The number of rotatable bonds is 5. The van der Waals surface area contributed by atoms with Gasteiger partial charge in [-0.05, 0) is 25.1 Å². The van der Waals surface area contributed by atoms with E-state index in [-0.39, 0.29) is 12.0 Å². The lowest BCUT2D eigenvalue weighted by atomic mass is 10.1. The van der Waals surface area contributed by atoms with Gasteiger partial charge >= 0.3 is 0 Å². The highest BCUT2D eigenvalue weighted by atomic mass is 16.5. The number of nitrogens with zero attached hydrogens (tertiary/aromatic N) is 1. The molecule has 0 saturated heterocycles. The van der Waals surface area contributed by atoms with E-state index >= 15 is 0 Å². The van der Waals surface area contributed by atoms with Crippen molar-refractivity contribution in [3.8, 4) is 0 Å². The Labute approximate surface area is 108 Å². The van der Waals surface area contributed by atoms with Gasteiger partial charge in [0.15, 0.2) is 0 Å². The summed E-state index contributed by atoms with van der Waals surface area (Å²) in [6.45, 7) is 2.37. The van der Waals surface area contributed by atoms with Crippen molar-refractivity contribution in [3.63, 3.8) is 0 Å². The van der Waals surface area contributed by atoms with Crippen LogP contribution in [0.25, 0.3) is 0 Å². The summed E-state index contributed by atoms with van der Waals surface area (Å²) in [6, 6.07) is 5.28. The first-order valence-electron chi connectivity index (χ1n) is 5.83. The molecule has 100 valence electrons. The predicted octanol–water partition coefficient (Wildman–Crippen LogP) is 1.10. The third-order valence-corrected chi connectivity index (χ3v) is 2.72. The molecule has 3 N–H and O–H groups in total. The van der Waals surface area contributed by atoms with Crippen LogP contribution in [-0.2, 0) is 4.74 Å². The highest BCUT2D eigenvalue weighted by Gasteiger charge is 2.10. The Morgan fingerprint density at radius 3 is 2.67 bits per heavy atom. The van der Waals surface area contributed by atoms with Crippen molar-refractivity contribution in [3.05, 3.63) is 23.8 Å². The smallest absolute Gasteiger partial charge is 0.251 e. The minimum atomic E-state index is -0.143. The maximum Gasteiger partial charge on any atom is 0.251 e. The molecule has 1 atom stereocenters. The SMILES string of the molecule is COC(C)CNC(=O)c1ccc(N(C)C)c(N)c1. The molecule has 0 aliphatic heterocycles. The number of nitrogen functional groups attached to an aromatic ring is 1. The van der Waals surface area contributed by atoms with Crippen LogP contribution >= 0.6 is 0 Å². The summed E-state index contributed by atoms with van der Waals surface area (Å²) in [5, 5.41) is 2.79. The Morgan fingerprint density at radius 1 is 1.50 bits per heavy atom. The van der Waals surface area contributed by atoms with Gasteiger partial charge in [0.05, 0.1) is 17.5 Å². The summed E-state index contributed by atoms with van der Waals surface area (Å²) in [5.41, 5.74) is 7.94. The van der Waals surface area contributed by atoms with Crippen LogP contribution in [0, 0.1) is 0 Å². The summed E-state index contributed by atoms with van der Waals surface area (Å²) < 4.78 is 5.06. The molecule has 1 rings (SSSR count). The number of carbonyl (C=O) groups excluding carboxylic acids is 1. The fourth-order valence-corrected chi connectivity index (χ4v) is 1.52. The van der Waals surface area contributed by atoms with Gasteiger partial charge in [-0.25, -0.2) is 0 Å². The van der Waals surface area contributed by atoms with Crippen LogP contribution in [0.4, 0.5) is 11.4 Å². The summed E-state index contributed by atoms with van der Waals surface area (Å²) in [4.78, 5) is 13.8. The number of nitrogens with two attached hydrogens (primary N) is 1. The van der Waals surface area contributed by atoms with Gasteiger partial charge in [0.2, 0.25) is 0 Å². The standard InChI is InChI=1S/C13H21N3O2/c1-9(18-4)8-15-13(17)10-5-6-12(16(2)3)11(14)7-10/h5-7,9H,8,14H2,1-4H3,(H,15,17). The Kier molecular flexibility index (Phi) is 4.97. The first-order valence-corrected chi connectivity index (χ1v) is 5.83. The number of hydrogen-bond acceptors (Lipinski definition) is 4. The number of hydrogen-bond donors (Lipinski definition) is 2. The van der Waals surface area contributed by atoms with Gasteiger partial charge in [-0.3, -0.25) is 4.79 Å². The van der Waals surface area contributed by atoms with E-state index in [0.717, 1.165) is 5.69 Å². The van der Waals surface area contributed by atoms with Crippen LogP contribution in [0.2, 0.25) is 0 Å². The van der Waals surface area contributed by atoms with E-state index in [0.29, 0.717) is 17.8 Å². The number of benzene rings is 1. The fourth-order valence-electron chi connectivity index (χ4n) is 1.52. The molecule has 5 heteroatoms. The van der Waals surface area contributed by atoms with Crippen LogP contribution < -0.4 is 16.0 Å². The number of amides is 1. The van der Waals surface area contributed by atoms with E-state index in [4.69, 9.17) is 10.5 Å². The molecule has 0 spiro atoms. The molecule has 1 amide bonds. The minimum Gasteiger partial charge on any atom is -0.397 e. The molecule has 18 heavy (non-hydrogen) atoms. The number of anilines is 2.